The van der Waals surface area contributed by atoms with E-state index in [1.807, 2.05) is 6.07 Å². The predicted octanol–water partition coefficient (Wildman–Crippen LogP) is 2.55. The lowest BCUT2D eigenvalue weighted by Gasteiger charge is -2.27. The minimum atomic E-state index is -0.572. The molecular formula is C19H19FN4O3. The Hall–Kier alpha value is -3.00. The Balaban J connectivity index is 1.88. The molecule has 1 aliphatic heterocycles. The quantitative estimate of drug-likeness (QED) is 0.658. The predicted molar refractivity (Wildman–Crippen MR) is 97.4 cm³/mol. The number of hydrogen-bond acceptors (Lipinski definition) is 6. The van der Waals surface area contributed by atoms with Crippen LogP contribution in [0.4, 0.5) is 10.2 Å². The van der Waals surface area contributed by atoms with E-state index in [1.54, 1.807) is 31.3 Å². The summed E-state index contributed by atoms with van der Waals surface area (Å²) in [6.45, 7) is 4.60. The molecule has 0 bridgehead atoms. The number of ether oxygens (including phenoxy) is 2. The number of hydrogen-bond donors (Lipinski definition) is 0. The summed E-state index contributed by atoms with van der Waals surface area (Å²) in [4.78, 5) is 19.3. The van der Waals surface area contributed by atoms with E-state index in [2.05, 4.69) is 15.0 Å². The number of carbonyl (C=O) groups excluding carboxylic acids is 1. The Morgan fingerprint density at radius 2 is 2.04 bits per heavy atom. The van der Waals surface area contributed by atoms with Crippen LogP contribution in [-0.4, -0.2) is 53.5 Å². The van der Waals surface area contributed by atoms with Gasteiger partial charge in [-0.2, -0.15) is 5.10 Å². The van der Waals surface area contributed by atoms with Crippen LogP contribution in [0.15, 0.2) is 36.5 Å². The second-order valence-electron chi connectivity index (χ2n) is 6.08. The van der Waals surface area contributed by atoms with Crippen LogP contribution < -0.4 is 4.90 Å². The van der Waals surface area contributed by atoms with Crippen LogP contribution in [-0.2, 0) is 9.47 Å². The summed E-state index contributed by atoms with van der Waals surface area (Å²) in [5, 5.41) is 4.40. The average Bonchev–Trinajstić information content (AvgIpc) is 3.07. The first kappa shape index (κ1) is 17.4. The molecule has 3 aromatic rings. The Morgan fingerprint density at radius 1 is 1.26 bits per heavy atom. The minimum Gasteiger partial charge on any atom is -0.462 e. The largest absolute Gasteiger partial charge is 0.462 e. The van der Waals surface area contributed by atoms with Gasteiger partial charge in [-0.05, 0) is 25.1 Å². The SMILES string of the molecule is CCOC(=O)c1c(-c2ccccc2F)nn2ccc(N3CCOCC3)nc12. The second kappa shape index (κ2) is 7.32. The first-order valence-electron chi connectivity index (χ1n) is 8.83. The lowest BCUT2D eigenvalue weighted by molar-refractivity contribution is 0.0529. The molecule has 7 nitrogen and oxygen atoms in total. The van der Waals surface area contributed by atoms with E-state index in [0.717, 1.165) is 5.82 Å². The molecule has 0 N–H and O–H groups in total. The maximum Gasteiger partial charge on any atom is 0.344 e. The zero-order chi connectivity index (χ0) is 18.8. The number of esters is 1. The molecule has 0 radical (unpaired) electrons. The van der Waals surface area contributed by atoms with Gasteiger partial charge in [0.1, 0.15) is 22.9 Å². The monoisotopic (exact) mass is 370 g/mol. The molecule has 0 aliphatic carbocycles. The molecular weight excluding hydrogens is 351 g/mol. The van der Waals surface area contributed by atoms with Crippen LogP contribution in [0.5, 0.6) is 0 Å². The van der Waals surface area contributed by atoms with Gasteiger partial charge in [-0.1, -0.05) is 12.1 Å². The molecule has 0 amide bonds. The number of aromatic nitrogens is 3. The average molecular weight is 370 g/mol. The summed E-state index contributed by atoms with van der Waals surface area (Å²) < 4.78 is 26.4. The highest BCUT2D eigenvalue weighted by atomic mass is 19.1. The molecule has 3 heterocycles. The number of nitrogens with zero attached hydrogens (tertiary/aromatic N) is 4. The highest BCUT2D eigenvalue weighted by molar-refractivity contribution is 6.02. The topological polar surface area (TPSA) is 69.0 Å². The van der Waals surface area contributed by atoms with Crippen molar-refractivity contribution in [1.29, 1.82) is 0 Å². The smallest absolute Gasteiger partial charge is 0.344 e. The summed E-state index contributed by atoms with van der Waals surface area (Å²) in [6, 6.07) is 8.03. The first-order chi connectivity index (χ1) is 13.2. The lowest BCUT2D eigenvalue weighted by Crippen LogP contribution is -2.36. The molecule has 27 heavy (non-hydrogen) atoms. The summed E-state index contributed by atoms with van der Waals surface area (Å²) in [5.74, 6) is -0.312. The molecule has 1 aromatic carbocycles. The zero-order valence-corrected chi connectivity index (χ0v) is 14.9. The standard InChI is InChI=1S/C19H19FN4O3/c1-2-27-19(25)16-17(13-5-3-4-6-14(13)20)22-24-8-7-15(21-18(16)24)23-9-11-26-12-10-23/h3-8H,2,9-12H2,1H3. The molecule has 140 valence electrons. The fourth-order valence-electron chi connectivity index (χ4n) is 3.12. The molecule has 0 spiro atoms. The Labute approximate surface area is 155 Å². The van der Waals surface area contributed by atoms with Crippen LogP contribution in [0, 0.1) is 5.82 Å². The van der Waals surface area contributed by atoms with Gasteiger partial charge in [0, 0.05) is 24.8 Å². The van der Waals surface area contributed by atoms with Gasteiger partial charge < -0.3 is 14.4 Å². The zero-order valence-electron chi connectivity index (χ0n) is 14.9. The minimum absolute atomic E-state index is 0.164. The van der Waals surface area contributed by atoms with E-state index in [0.29, 0.717) is 32.0 Å². The maximum absolute atomic E-state index is 14.4. The van der Waals surface area contributed by atoms with E-state index < -0.39 is 11.8 Å². The van der Waals surface area contributed by atoms with Gasteiger partial charge >= 0.3 is 5.97 Å². The van der Waals surface area contributed by atoms with Crippen molar-refractivity contribution in [3.05, 3.63) is 47.9 Å². The fourth-order valence-corrected chi connectivity index (χ4v) is 3.12. The van der Waals surface area contributed by atoms with Gasteiger partial charge in [0.15, 0.2) is 5.65 Å². The Kier molecular flexibility index (Phi) is 4.72. The lowest BCUT2D eigenvalue weighted by atomic mass is 10.1. The normalized spacial score (nSPS) is 14.5. The van der Waals surface area contributed by atoms with E-state index in [-0.39, 0.29) is 23.4 Å². The number of fused-ring (bicyclic) bond motifs is 1. The first-order valence-corrected chi connectivity index (χ1v) is 8.83. The van der Waals surface area contributed by atoms with E-state index in [4.69, 9.17) is 9.47 Å². The molecule has 1 fully saturated rings. The summed E-state index contributed by atoms with van der Waals surface area (Å²) in [5.41, 5.74) is 0.963. The van der Waals surface area contributed by atoms with Gasteiger partial charge in [-0.15, -0.1) is 0 Å². The van der Waals surface area contributed by atoms with Crippen LogP contribution in [0.1, 0.15) is 17.3 Å². The van der Waals surface area contributed by atoms with E-state index in [9.17, 15) is 9.18 Å². The number of morpholine rings is 1. The molecule has 0 unspecified atom stereocenters. The maximum atomic E-state index is 14.4. The fraction of sp³-hybridized carbons (Fsp3) is 0.316. The van der Waals surface area contributed by atoms with Crippen molar-refractivity contribution in [1.82, 2.24) is 14.6 Å². The third-order valence-corrected chi connectivity index (χ3v) is 4.41. The van der Waals surface area contributed by atoms with Crippen LogP contribution >= 0.6 is 0 Å². The van der Waals surface area contributed by atoms with Crippen molar-refractivity contribution in [2.45, 2.75) is 6.92 Å². The molecule has 8 heteroatoms. The Bertz CT molecular complexity index is 982. The van der Waals surface area contributed by atoms with Crippen LogP contribution in [0.2, 0.25) is 0 Å². The van der Waals surface area contributed by atoms with Gasteiger partial charge in [-0.3, -0.25) is 0 Å². The number of benzene rings is 1. The van der Waals surface area contributed by atoms with Crippen molar-refractivity contribution in [3.63, 3.8) is 0 Å². The van der Waals surface area contributed by atoms with Gasteiger partial charge in [0.25, 0.3) is 0 Å². The number of rotatable bonds is 4. The van der Waals surface area contributed by atoms with Gasteiger partial charge in [-0.25, -0.2) is 18.7 Å². The molecule has 0 atom stereocenters. The summed E-state index contributed by atoms with van der Waals surface area (Å²) >= 11 is 0. The number of carbonyl (C=O) groups is 1. The van der Waals surface area contributed by atoms with Crippen LogP contribution in [0.3, 0.4) is 0 Å². The highest BCUT2D eigenvalue weighted by Gasteiger charge is 2.26. The second-order valence-corrected chi connectivity index (χ2v) is 6.08. The van der Waals surface area contributed by atoms with E-state index in [1.165, 1.54) is 10.6 Å². The highest BCUT2D eigenvalue weighted by Crippen LogP contribution is 2.29. The Morgan fingerprint density at radius 3 is 2.78 bits per heavy atom. The van der Waals surface area contributed by atoms with Gasteiger partial charge in [0.2, 0.25) is 0 Å². The molecule has 1 aliphatic rings. The van der Waals surface area contributed by atoms with Gasteiger partial charge in [0.05, 0.1) is 19.8 Å². The van der Waals surface area contributed by atoms with Crippen molar-refractivity contribution in [2.75, 3.05) is 37.8 Å². The molecule has 2 aromatic heterocycles. The molecule has 1 saturated heterocycles. The van der Waals surface area contributed by atoms with Crippen molar-refractivity contribution >= 4 is 17.4 Å². The van der Waals surface area contributed by atoms with Crippen molar-refractivity contribution in [3.8, 4) is 11.3 Å². The third-order valence-electron chi connectivity index (χ3n) is 4.41. The summed E-state index contributed by atoms with van der Waals surface area (Å²) in [6.07, 6.45) is 1.72. The third kappa shape index (κ3) is 3.23. The molecule has 0 saturated carbocycles. The van der Waals surface area contributed by atoms with E-state index >= 15 is 0 Å². The van der Waals surface area contributed by atoms with Crippen LogP contribution in [0.25, 0.3) is 16.9 Å². The van der Waals surface area contributed by atoms with Crippen molar-refractivity contribution in [2.24, 2.45) is 0 Å². The van der Waals surface area contributed by atoms with Crippen molar-refractivity contribution < 1.29 is 18.7 Å². The number of halogens is 1. The number of anilines is 1. The summed E-state index contributed by atoms with van der Waals surface area (Å²) in [7, 11) is 0. The molecule has 4 rings (SSSR count).